The Bertz CT molecular complexity index is 3400. The Morgan fingerprint density at radius 3 is 1.75 bits per heavy atom. The quantitative estimate of drug-likeness (QED) is 0.182. The summed E-state index contributed by atoms with van der Waals surface area (Å²) in [6.07, 6.45) is 0. The van der Waals surface area contributed by atoms with E-state index in [1.54, 1.807) is 0 Å². The van der Waals surface area contributed by atoms with Crippen molar-refractivity contribution in [3.05, 3.63) is 170 Å². The van der Waals surface area contributed by atoms with Gasteiger partial charge in [0.1, 0.15) is 11.2 Å². The van der Waals surface area contributed by atoms with Gasteiger partial charge in [-0.25, -0.2) is 0 Å². The average Bonchev–Trinajstić information content (AvgIpc) is 3.93. The fourth-order valence-corrected chi connectivity index (χ4v) is 9.66. The van der Waals surface area contributed by atoms with E-state index in [0.29, 0.717) is 0 Å². The summed E-state index contributed by atoms with van der Waals surface area (Å²) in [7, 11) is 0. The van der Waals surface area contributed by atoms with E-state index in [1.165, 1.54) is 75.1 Å². The van der Waals surface area contributed by atoms with Gasteiger partial charge in [-0.2, -0.15) is 0 Å². The van der Waals surface area contributed by atoms with E-state index in [1.807, 2.05) is 17.4 Å². The monoisotopic (exact) mass is 680 g/mol. The summed E-state index contributed by atoms with van der Waals surface area (Å²) >= 11 is 1.87. The molecule has 0 aliphatic rings. The third-order valence-electron chi connectivity index (χ3n) is 10.9. The molecule has 52 heavy (non-hydrogen) atoms. The van der Waals surface area contributed by atoms with Gasteiger partial charge in [-0.1, -0.05) is 91.0 Å². The second-order valence-electron chi connectivity index (χ2n) is 13.7. The van der Waals surface area contributed by atoms with Crippen LogP contribution in [0.3, 0.4) is 0 Å². The maximum atomic E-state index is 6.38. The molecule has 8 aromatic carbocycles. The highest BCUT2D eigenvalue weighted by atomic mass is 32.1. The zero-order chi connectivity index (χ0) is 33.9. The smallest absolute Gasteiger partial charge is 0.137 e. The lowest BCUT2D eigenvalue weighted by Crippen LogP contribution is -1.93. The molecule has 242 valence electrons. The van der Waals surface area contributed by atoms with Crippen molar-refractivity contribution in [3.63, 3.8) is 0 Å². The first-order valence-corrected chi connectivity index (χ1v) is 18.5. The van der Waals surface area contributed by atoms with Crippen LogP contribution in [0.2, 0.25) is 0 Å². The topological polar surface area (TPSA) is 23.0 Å². The maximum Gasteiger partial charge on any atom is 0.137 e. The van der Waals surface area contributed by atoms with Crippen molar-refractivity contribution in [1.82, 2.24) is 9.13 Å². The number of para-hydroxylation sites is 3. The second kappa shape index (κ2) is 10.5. The summed E-state index contributed by atoms with van der Waals surface area (Å²) in [5.41, 5.74) is 11.3. The van der Waals surface area contributed by atoms with Crippen molar-refractivity contribution in [2.45, 2.75) is 0 Å². The van der Waals surface area contributed by atoms with Gasteiger partial charge in [0.2, 0.25) is 0 Å². The van der Waals surface area contributed by atoms with Crippen molar-refractivity contribution in [1.29, 1.82) is 0 Å². The van der Waals surface area contributed by atoms with Gasteiger partial charge >= 0.3 is 0 Å². The minimum Gasteiger partial charge on any atom is -0.456 e. The van der Waals surface area contributed by atoms with E-state index in [0.717, 1.165) is 33.1 Å². The molecule has 0 bridgehead atoms. The number of fused-ring (bicyclic) bond motifs is 12. The first kappa shape index (κ1) is 28.1. The van der Waals surface area contributed by atoms with Gasteiger partial charge in [-0.3, -0.25) is 0 Å². The Labute approximate surface area is 301 Å². The third-order valence-corrected chi connectivity index (χ3v) is 12.0. The van der Waals surface area contributed by atoms with E-state index >= 15 is 0 Å². The fourth-order valence-electron chi connectivity index (χ4n) is 8.54. The third kappa shape index (κ3) is 3.90. The highest BCUT2D eigenvalue weighted by Gasteiger charge is 2.19. The lowest BCUT2D eigenvalue weighted by molar-refractivity contribution is 0.669. The first-order valence-electron chi connectivity index (χ1n) is 17.7. The molecule has 4 heteroatoms. The van der Waals surface area contributed by atoms with E-state index < -0.39 is 0 Å². The zero-order valence-electron chi connectivity index (χ0n) is 27.9. The molecule has 12 rings (SSSR count). The number of furan rings is 1. The standard InChI is InChI=1S/C48H28N2OS/c1-3-11-31(12-4-1)49-41-22-20-29(23-36(41)38-26-40-35-16-8-10-18-47(35)52-48(40)28-44(38)49)30-19-21-33-37-25-39-34-15-7-9-17-45(34)51-46(39)27-43(37)50(42(33)24-30)32-13-5-2-6-14-32/h1-28H. The molecule has 0 N–H and O–H groups in total. The zero-order valence-corrected chi connectivity index (χ0v) is 28.7. The molecule has 0 atom stereocenters. The van der Waals surface area contributed by atoms with Gasteiger partial charge in [0, 0.05) is 69.9 Å². The molecule has 12 aromatic rings. The van der Waals surface area contributed by atoms with Crippen molar-refractivity contribution in [3.8, 4) is 22.5 Å². The number of hydrogen-bond donors (Lipinski definition) is 0. The molecule has 0 fully saturated rings. The van der Waals surface area contributed by atoms with Gasteiger partial charge in [-0.15, -0.1) is 11.3 Å². The molecule has 0 radical (unpaired) electrons. The summed E-state index contributed by atoms with van der Waals surface area (Å²) in [6, 6.07) is 61.8. The van der Waals surface area contributed by atoms with Gasteiger partial charge in [0.15, 0.2) is 0 Å². The van der Waals surface area contributed by atoms with Crippen LogP contribution in [0.5, 0.6) is 0 Å². The Kier molecular flexibility index (Phi) is 5.65. The summed E-state index contributed by atoms with van der Waals surface area (Å²) in [6.45, 7) is 0. The van der Waals surface area contributed by atoms with E-state index in [2.05, 4.69) is 173 Å². The average molecular weight is 681 g/mol. The summed E-state index contributed by atoms with van der Waals surface area (Å²) < 4.78 is 13.8. The number of benzene rings is 8. The Morgan fingerprint density at radius 2 is 0.923 bits per heavy atom. The molecule has 3 nitrogen and oxygen atoms in total. The van der Waals surface area contributed by atoms with Crippen LogP contribution in [0.4, 0.5) is 0 Å². The van der Waals surface area contributed by atoms with Crippen LogP contribution in [0.1, 0.15) is 0 Å². The highest BCUT2D eigenvalue weighted by molar-refractivity contribution is 7.25. The van der Waals surface area contributed by atoms with Gasteiger partial charge in [0.25, 0.3) is 0 Å². The van der Waals surface area contributed by atoms with Crippen molar-refractivity contribution < 1.29 is 4.42 Å². The van der Waals surface area contributed by atoms with Crippen LogP contribution in [0, 0.1) is 0 Å². The largest absolute Gasteiger partial charge is 0.456 e. The molecule has 0 aliphatic carbocycles. The second-order valence-corrected chi connectivity index (χ2v) is 14.8. The van der Waals surface area contributed by atoms with Crippen molar-refractivity contribution >= 4 is 97.1 Å². The predicted octanol–water partition coefficient (Wildman–Crippen LogP) is 13.8. The number of nitrogens with zero attached hydrogens (tertiary/aromatic N) is 2. The Hall–Kier alpha value is -6.62. The molecule has 0 amide bonds. The maximum absolute atomic E-state index is 6.38. The van der Waals surface area contributed by atoms with Crippen molar-refractivity contribution in [2.24, 2.45) is 0 Å². The van der Waals surface area contributed by atoms with E-state index in [4.69, 9.17) is 4.42 Å². The van der Waals surface area contributed by atoms with Crippen LogP contribution in [-0.4, -0.2) is 9.13 Å². The number of rotatable bonds is 3. The molecule has 4 heterocycles. The first-order chi connectivity index (χ1) is 25.8. The van der Waals surface area contributed by atoms with E-state index in [-0.39, 0.29) is 0 Å². The normalized spacial score (nSPS) is 12.2. The van der Waals surface area contributed by atoms with Crippen LogP contribution >= 0.6 is 11.3 Å². The lowest BCUT2D eigenvalue weighted by Gasteiger charge is -2.10. The number of aromatic nitrogens is 2. The van der Waals surface area contributed by atoms with Gasteiger partial charge in [0.05, 0.1) is 22.1 Å². The van der Waals surface area contributed by atoms with Crippen LogP contribution in [0.25, 0.3) is 108 Å². The van der Waals surface area contributed by atoms with Gasteiger partial charge < -0.3 is 13.6 Å². The molecule has 0 saturated heterocycles. The van der Waals surface area contributed by atoms with Crippen LogP contribution in [-0.2, 0) is 0 Å². The number of thiophene rings is 1. The SMILES string of the molecule is c1ccc(-n2c3cc(-c4ccc5c(c4)c4cc6c(cc4n5-c4ccccc4)sc4ccccc46)ccc3c3cc4c(cc32)oc2ccccc24)cc1. The van der Waals surface area contributed by atoms with Crippen LogP contribution < -0.4 is 0 Å². The molecule has 4 aromatic heterocycles. The minimum absolute atomic E-state index is 0.904. The predicted molar refractivity (Wildman–Crippen MR) is 221 cm³/mol. The minimum atomic E-state index is 0.904. The lowest BCUT2D eigenvalue weighted by atomic mass is 10.0. The summed E-state index contributed by atoms with van der Waals surface area (Å²) in [4.78, 5) is 0. The fraction of sp³-hybridized carbons (Fsp3) is 0. The van der Waals surface area contributed by atoms with E-state index in [9.17, 15) is 0 Å². The Balaban J connectivity index is 1.13. The molecule has 0 unspecified atom stereocenters. The highest BCUT2D eigenvalue weighted by Crippen LogP contribution is 2.43. The number of hydrogen-bond acceptors (Lipinski definition) is 2. The van der Waals surface area contributed by atoms with Crippen LogP contribution in [0.15, 0.2) is 174 Å². The molecular formula is C48H28N2OS. The van der Waals surface area contributed by atoms with Gasteiger partial charge in [-0.05, 0) is 83.9 Å². The molecule has 0 aliphatic heterocycles. The Morgan fingerprint density at radius 1 is 0.327 bits per heavy atom. The summed E-state index contributed by atoms with van der Waals surface area (Å²) in [5.74, 6) is 0. The van der Waals surface area contributed by atoms with Crippen molar-refractivity contribution in [2.75, 3.05) is 0 Å². The molecule has 0 spiro atoms. The summed E-state index contributed by atoms with van der Waals surface area (Å²) in [5, 5.41) is 9.90. The molecule has 0 saturated carbocycles. The molecular weight excluding hydrogens is 653 g/mol.